The van der Waals surface area contributed by atoms with Crippen molar-refractivity contribution >= 4 is 33.4 Å². The quantitative estimate of drug-likeness (QED) is 0.0231. The fraction of sp³-hybridized carbons (Fsp3) is 0.875. The van der Waals surface area contributed by atoms with Crippen molar-refractivity contribution in [3.8, 4) is 0 Å². The summed E-state index contributed by atoms with van der Waals surface area (Å²) in [7, 11) is -10.8. The van der Waals surface area contributed by atoms with E-state index in [2.05, 4.69) is 37.0 Å². The van der Waals surface area contributed by atoms with Crippen molar-refractivity contribution < 1.29 is 66.3 Å². The summed E-state index contributed by atoms with van der Waals surface area (Å²) >= 11 is 0. The van der Waals surface area contributed by atoms with Crippen LogP contribution in [0.5, 0.6) is 0 Å². The molecule has 0 aliphatic carbocycles. The van der Waals surface area contributed by atoms with Crippen molar-refractivity contribution in [1.82, 2.24) is 9.55 Å². The summed E-state index contributed by atoms with van der Waals surface area (Å²) < 4.78 is 56.7. The molecule has 0 amide bonds. The first kappa shape index (κ1) is 61.9. The van der Waals surface area contributed by atoms with E-state index in [0.29, 0.717) is 18.8 Å². The third kappa shape index (κ3) is 29.8. The smallest absolute Gasteiger partial charge is 0.462 e. The van der Waals surface area contributed by atoms with Gasteiger partial charge in [-0.3, -0.25) is 23.2 Å². The van der Waals surface area contributed by atoms with Crippen LogP contribution in [0.1, 0.15) is 214 Å². The number of phosphoric ester groups is 2. The van der Waals surface area contributed by atoms with Gasteiger partial charge in [0.25, 0.3) is 0 Å². The molecule has 0 bridgehead atoms. The molecular formula is C48H89N3O15P2. The maximum absolute atomic E-state index is 12.9. The van der Waals surface area contributed by atoms with Gasteiger partial charge in [-0.2, -0.15) is 9.29 Å². The van der Waals surface area contributed by atoms with Gasteiger partial charge in [0.05, 0.1) is 13.2 Å². The number of ether oxygens (including phenoxy) is 3. The molecule has 3 unspecified atom stereocenters. The van der Waals surface area contributed by atoms with Crippen molar-refractivity contribution in [3.05, 3.63) is 22.7 Å². The molecule has 0 aromatic carbocycles. The monoisotopic (exact) mass is 1010 g/mol. The molecule has 1 fully saturated rings. The van der Waals surface area contributed by atoms with E-state index in [0.717, 1.165) is 61.9 Å². The molecule has 396 valence electrons. The molecule has 2 heterocycles. The Bertz CT molecular complexity index is 1670. The van der Waals surface area contributed by atoms with Crippen LogP contribution in [-0.2, 0) is 46.3 Å². The molecule has 68 heavy (non-hydrogen) atoms. The highest BCUT2D eigenvalue weighted by Gasteiger charge is 2.46. The van der Waals surface area contributed by atoms with E-state index in [1.807, 2.05) is 0 Å². The Hall–Kier alpha value is -2.24. The maximum atomic E-state index is 12.9. The lowest BCUT2D eigenvalue weighted by Gasteiger charge is -2.21. The van der Waals surface area contributed by atoms with Gasteiger partial charge in [0, 0.05) is 19.0 Å². The summed E-state index contributed by atoms with van der Waals surface area (Å²) in [4.78, 5) is 61.8. The fourth-order valence-electron chi connectivity index (χ4n) is 8.04. The number of carbonyl (C=O) groups is 2. The van der Waals surface area contributed by atoms with Crippen molar-refractivity contribution in [2.45, 2.75) is 238 Å². The Morgan fingerprint density at radius 3 is 1.54 bits per heavy atom. The summed E-state index contributed by atoms with van der Waals surface area (Å²) in [6.45, 7) is 6.72. The zero-order valence-electron chi connectivity index (χ0n) is 41.8. The molecule has 0 saturated carbocycles. The number of aliphatic hydroxyl groups is 2. The zero-order valence-corrected chi connectivity index (χ0v) is 43.6. The molecule has 0 spiro atoms. The predicted octanol–water partition coefficient (Wildman–Crippen LogP) is 10.4. The van der Waals surface area contributed by atoms with Crippen molar-refractivity contribution in [1.29, 1.82) is 0 Å². The van der Waals surface area contributed by atoms with E-state index in [9.17, 15) is 43.5 Å². The largest absolute Gasteiger partial charge is 0.481 e. The summed E-state index contributed by atoms with van der Waals surface area (Å²) in [5, 5.41) is 20.9. The lowest BCUT2D eigenvalue weighted by molar-refractivity contribution is -0.161. The number of hydrogen-bond donors (Lipinski definition) is 5. The van der Waals surface area contributed by atoms with Crippen LogP contribution >= 0.6 is 15.6 Å². The topological polar surface area (TPSA) is 265 Å². The number of carbonyl (C=O) groups excluding carboxylic acids is 2. The second kappa shape index (κ2) is 35.8. The predicted molar refractivity (Wildman–Crippen MR) is 261 cm³/mol. The van der Waals surface area contributed by atoms with E-state index >= 15 is 0 Å². The first-order valence-corrected chi connectivity index (χ1v) is 28.8. The number of aliphatic hydroxyl groups excluding tert-OH is 2. The highest BCUT2D eigenvalue weighted by molar-refractivity contribution is 7.61. The minimum absolute atomic E-state index is 0.0565. The minimum atomic E-state index is -5.42. The Kier molecular flexibility index (Phi) is 32.6. The number of unbranched alkanes of at least 4 members (excludes halogenated alkanes) is 22. The van der Waals surface area contributed by atoms with Gasteiger partial charge < -0.3 is 39.9 Å². The molecule has 18 nitrogen and oxygen atoms in total. The Morgan fingerprint density at radius 1 is 0.662 bits per heavy atom. The molecule has 2 rings (SSSR count). The molecular weight excluding hydrogens is 920 g/mol. The summed E-state index contributed by atoms with van der Waals surface area (Å²) in [6, 6.07) is 1.25. The number of nitrogens with zero attached hydrogens (tertiary/aromatic N) is 2. The van der Waals surface area contributed by atoms with Crippen molar-refractivity contribution in [2.75, 3.05) is 25.6 Å². The van der Waals surface area contributed by atoms with Crippen LogP contribution < -0.4 is 11.4 Å². The highest BCUT2D eigenvalue weighted by atomic mass is 31.3. The van der Waals surface area contributed by atoms with Gasteiger partial charge in [-0.25, -0.2) is 13.9 Å². The van der Waals surface area contributed by atoms with Gasteiger partial charge in [-0.05, 0) is 30.7 Å². The van der Waals surface area contributed by atoms with Crippen LogP contribution in [0.4, 0.5) is 5.82 Å². The third-order valence-corrected chi connectivity index (χ3v) is 14.6. The van der Waals surface area contributed by atoms with E-state index in [-0.39, 0.29) is 18.7 Å². The van der Waals surface area contributed by atoms with Crippen LogP contribution in [0.3, 0.4) is 0 Å². The molecule has 7 atom stereocenters. The summed E-state index contributed by atoms with van der Waals surface area (Å²) in [5.41, 5.74) is 4.59. The number of esters is 2. The SMILES string of the molecule is CC(C)CCCCCCCCCCCCCCCCCCCCC(=O)O[C@H](COC(=O)CCCCCCCCC(C)C)COP(=O)(O)OP(=O)(O)OC[C@H]1O[C@@H](n2ccc(N)nc2=O)C(O)[C@H]1O. The number of rotatable bonds is 42. The lowest BCUT2D eigenvalue weighted by atomic mass is 10.0. The first-order chi connectivity index (χ1) is 32.4. The number of nitrogen functional groups attached to an aromatic ring is 1. The van der Waals surface area contributed by atoms with E-state index in [1.165, 1.54) is 115 Å². The van der Waals surface area contributed by atoms with Crippen LogP contribution in [0.2, 0.25) is 0 Å². The lowest BCUT2D eigenvalue weighted by Crippen LogP contribution is -2.36. The van der Waals surface area contributed by atoms with Gasteiger partial charge >= 0.3 is 33.3 Å². The average molecular weight is 1010 g/mol. The highest BCUT2D eigenvalue weighted by Crippen LogP contribution is 2.60. The van der Waals surface area contributed by atoms with Crippen molar-refractivity contribution in [3.63, 3.8) is 0 Å². The minimum Gasteiger partial charge on any atom is -0.462 e. The van der Waals surface area contributed by atoms with E-state index < -0.39 is 83.7 Å². The molecule has 6 N–H and O–H groups in total. The molecule has 1 aliphatic heterocycles. The van der Waals surface area contributed by atoms with Crippen LogP contribution in [-0.4, -0.2) is 85.7 Å². The number of anilines is 1. The number of aromatic nitrogens is 2. The zero-order chi connectivity index (χ0) is 50.2. The van der Waals surface area contributed by atoms with E-state index in [1.54, 1.807) is 0 Å². The van der Waals surface area contributed by atoms with Gasteiger partial charge in [0.2, 0.25) is 0 Å². The second-order valence-corrected chi connectivity index (χ2v) is 22.4. The Labute approximate surface area is 406 Å². The van der Waals surface area contributed by atoms with Crippen molar-refractivity contribution in [2.24, 2.45) is 11.8 Å². The fourth-order valence-corrected chi connectivity index (χ4v) is 10.1. The molecule has 1 aromatic heterocycles. The molecule has 1 aliphatic rings. The molecule has 0 radical (unpaired) electrons. The average Bonchev–Trinajstić information content (AvgIpc) is 3.55. The standard InChI is InChI=1S/C48H89N3O15P2/c1-38(2)29-25-21-17-15-13-11-9-7-5-6-8-10-12-14-16-18-24-28-32-44(53)64-40(35-61-43(52)31-27-23-20-19-22-26-30-39(3)4)36-62-67(57,58)66-68(59,60)63-37-41-45(54)46(55)47(65-41)51-34-33-42(49)50-48(51)56/h33-34,38-41,45-47,54-55H,5-32,35-37H2,1-4H3,(H,57,58)(H,59,60)(H2,49,50,56)/t40-,41-,45+,46?,47-/m1/s1. The third-order valence-electron chi connectivity index (χ3n) is 12.0. The summed E-state index contributed by atoms with van der Waals surface area (Å²) in [5.74, 6) is 0.210. The van der Waals surface area contributed by atoms with E-state index in [4.69, 9.17) is 29.0 Å². The molecule has 20 heteroatoms. The van der Waals surface area contributed by atoms with Crippen LogP contribution in [0.25, 0.3) is 0 Å². The van der Waals surface area contributed by atoms with Gasteiger partial charge in [0.1, 0.15) is 30.7 Å². The van der Waals surface area contributed by atoms with Crippen LogP contribution in [0.15, 0.2) is 17.1 Å². The summed E-state index contributed by atoms with van der Waals surface area (Å²) in [6.07, 6.45) is 23.8. The van der Waals surface area contributed by atoms with Gasteiger partial charge in [0.15, 0.2) is 12.3 Å². The second-order valence-electron chi connectivity index (χ2n) is 19.3. The normalized spacial score (nSPS) is 19.6. The molecule has 1 aromatic rings. The van der Waals surface area contributed by atoms with Gasteiger partial charge in [-0.1, -0.05) is 182 Å². The maximum Gasteiger partial charge on any atom is 0.481 e. The number of phosphoric acid groups is 2. The first-order valence-electron chi connectivity index (χ1n) is 25.8. The van der Waals surface area contributed by atoms with Gasteiger partial charge in [-0.15, -0.1) is 0 Å². The Balaban J connectivity index is 1.74. The molecule has 1 saturated heterocycles. The van der Waals surface area contributed by atoms with Crippen LogP contribution in [0, 0.1) is 11.8 Å². The Morgan fingerprint density at radius 2 is 1.09 bits per heavy atom. The number of nitrogens with two attached hydrogens (primary N) is 1. The number of hydrogen-bond acceptors (Lipinski definition) is 15.